The van der Waals surface area contributed by atoms with E-state index in [1.807, 2.05) is 37.2 Å². The number of thiazole rings is 1. The summed E-state index contributed by atoms with van der Waals surface area (Å²) in [5.74, 6) is 0.496. The monoisotopic (exact) mass is 538 g/mol. The van der Waals surface area contributed by atoms with Gasteiger partial charge in [0.1, 0.15) is 5.75 Å². The van der Waals surface area contributed by atoms with Gasteiger partial charge in [0, 0.05) is 37.8 Å². The van der Waals surface area contributed by atoms with Crippen molar-refractivity contribution in [2.45, 2.75) is 24.2 Å². The largest absolute Gasteiger partial charge is 0.497 e. The zero-order valence-electron chi connectivity index (χ0n) is 20.1. The third-order valence-corrected chi connectivity index (χ3v) is 8.86. The quantitative estimate of drug-likeness (QED) is 0.429. The van der Waals surface area contributed by atoms with E-state index < -0.39 is 10.0 Å². The number of hydrogen-bond donors (Lipinski definition) is 0. The van der Waals surface area contributed by atoms with Crippen LogP contribution in [0.3, 0.4) is 0 Å². The summed E-state index contributed by atoms with van der Waals surface area (Å²) in [7, 11) is 1.97. The van der Waals surface area contributed by atoms with Gasteiger partial charge in [-0.2, -0.15) is 4.31 Å². The van der Waals surface area contributed by atoms with Crippen LogP contribution in [0.1, 0.15) is 29.6 Å². The molecule has 2 aromatic carbocycles. The van der Waals surface area contributed by atoms with Crippen LogP contribution in [-0.4, -0.2) is 75.9 Å². The van der Waals surface area contributed by atoms with Gasteiger partial charge in [-0.25, -0.2) is 13.4 Å². The standard InChI is InChI=1S/C24H30N4O4S2.ClH/c1-26(2)15-16-28(24-25-21-17-19(32-3)9-12-22(21)33-24)23(29)18-7-10-20(11-8-18)34(30,31)27-13-5-4-6-14-27;/h7-12,17H,4-6,13-16H2,1-3H3;1H. The fourth-order valence-electron chi connectivity index (χ4n) is 3.90. The van der Waals surface area contributed by atoms with Crippen LogP contribution in [0, 0.1) is 0 Å². The van der Waals surface area contributed by atoms with E-state index in [0.29, 0.717) is 42.6 Å². The first-order chi connectivity index (χ1) is 16.3. The van der Waals surface area contributed by atoms with Gasteiger partial charge >= 0.3 is 0 Å². The summed E-state index contributed by atoms with van der Waals surface area (Å²) in [6.07, 6.45) is 2.82. The molecule has 11 heteroatoms. The summed E-state index contributed by atoms with van der Waals surface area (Å²) in [5, 5.41) is 0.597. The molecule has 1 amide bonds. The molecular weight excluding hydrogens is 508 g/mol. The van der Waals surface area contributed by atoms with Gasteiger partial charge in [-0.1, -0.05) is 17.8 Å². The van der Waals surface area contributed by atoms with E-state index in [-0.39, 0.29) is 23.2 Å². The summed E-state index contributed by atoms with van der Waals surface area (Å²) < 4.78 is 33.7. The number of amides is 1. The van der Waals surface area contributed by atoms with Gasteiger partial charge in [-0.15, -0.1) is 12.4 Å². The van der Waals surface area contributed by atoms with Gasteiger partial charge in [0.15, 0.2) is 5.13 Å². The van der Waals surface area contributed by atoms with Crippen molar-refractivity contribution < 1.29 is 17.9 Å². The molecule has 0 bridgehead atoms. The van der Waals surface area contributed by atoms with Gasteiger partial charge in [0.05, 0.1) is 22.2 Å². The molecule has 0 unspecified atom stereocenters. The fraction of sp³-hybridized carbons (Fsp3) is 0.417. The molecule has 3 aromatic rings. The highest BCUT2D eigenvalue weighted by Crippen LogP contribution is 2.32. The van der Waals surface area contributed by atoms with E-state index in [2.05, 4.69) is 4.98 Å². The Morgan fingerprint density at radius 1 is 1.06 bits per heavy atom. The van der Waals surface area contributed by atoms with E-state index >= 15 is 0 Å². The Kier molecular flexibility index (Phi) is 9.11. The van der Waals surface area contributed by atoms with Crippen LogP contribution < -0.4 is 9.64 Å². The summed E-state index contributed by atoms with van der Waals surface area (Å²) in [4.78, 5) is 22.1. The first-order valence-corrected chi connectivity index (χ1v) is 13.6. The van der Waals surface area contributed by atoms with Crippen LogP contribution in [0.2, 0.25) is 0 Å². The van der Waals surface area contributed by atoms with Gasteiger partial charge < -0.3 is 9.64 Å². The van der Waals surface area contributed by atoms with Crippen molar-refractivity contribution in [3.05, 3.63) is 48.0 Å². The molecule has 1 aliphatic heterocycles. The number of anilines is 1. The van der Waals surface area contributed by atoms with Crippen molar-refractivity contribution in [1.29, 1.82) is 0 Å². The lowest BCUT2D eigenvalue weighted by molar-refractivity contribution is 0.0985. The number of likely N-dealkylation sites (N-methyl/N-ethyl adjacent to an activating group) is 1. The summed E-state index contributed by atoms with van der Waals surface area (Å²) in [6, 6.07) is 11.9. The van der Waals surface area contributed by atoms with Crippen molar-refractivity contribution in [3.8, 4) is 5.75 Å². The zero-order valence-corrected chi connectivity index (χ0v) is 22.6. The molecule has 0 atom stereocenters. The number of carbonyl (C=O) groups is 1. The van der Waals surface area contributed by atoms with E-state index in [4.69, 9.17) is 4.74 Å². The number of benzene rings is 2. The Labute approximate surface area is 217 Å². The number of sulfonamides is 1. The second-order valence-electron chi connectivity index (χ2n) is 8.58. The Bertz CT molecular complexity index is 1260. The molecule has 0 saturated carbocycles. The first-order valence-electron chi connectivity index (χ1n) is 11.3. The predicted octanol–water partition coefficient (Wildman–Crippen LogP) is 4.11. The van der Waals surface area contributed by atoms with E-state index in [1.54, 1.807) is 24.1 Å². The lowest BCUT2D eigenvalue weighted by Gasteiger charge is -2.26. The lowest BCUT2D eigenvalue weighted by atomic mass is 10.2. The Hall–Kier alpha value is -2.24. The minimum Gasteiger partial charge on any atom is -0.497 e. The Morgan fingerprint density at radius 2 is 1.74 bits per heavy atom. The number of nitrogens with zero attached hydrogens (tertiary/aromatic N) is 4. The highest BCUT2D eigenvalue weighted by Gasteiger charge is 2.27. The minimum atomic E-state index is -3.54. The molecule has 1 saturated heterocycles. The number of fused-ring (bicyclic) bond motifs is 1. The molecule has 1 aromatic heterocycles. The van der Waals surface area contributed by atoms with Crippen LogP contribution in [0.25, 0.3) is 10.2 Å². The van der Waals surface area contributed by atoms with Crippen LogP contribution in [-0.2, 0) is 10.0 Å². The lowest BCUT2D eigenvalue weighted by Crippen LogP contribution is -2.37. The molecule has 1 aliphatic rings. The number of piperidine rings is 1. The topological polar surface area (TPSA) is 83.0 Å². The molecule has 2 heterocycles. The highest BCUT2D eigenvalue weighted by atomic mass is 35.5. The van der Waals surface area contributed by atoms with Crippen LogP contribution in [0.15, 0.2) is 47.4 Å². The van der Waals surface area contributed by atoms with E-state index in [9.17, 15) is 13.2 Å². The number of ether oxygens (including phenoxy) is 1. The smallest absolute Gasteiger partial charge is 0.260 e. The third-order valence-electron chi connectivity index (χ3n) is 5.88. The second kappa shape index (κ2) is 11.7. The normalized spacial score (nSPS) is 14.6. The van der Waals surface area contributed by atoms with Gasteiger partial charge in [-0.05, 0) is 63.3 Å². The van der Waals surface area contributed by atoms with Gasteiger partial charge in [0.25, 0.3) is 5.91 Å². The van der Waals surface area contributed by atoms with Crippen LogP contribution in [0.4, 0.5) is 5.13 Å². The van der Waals surface area contributed by atoms with Crippen molar-refractivity contribution >= 4 is 55.0 Å². The minimum absolute atomic E-state index is 0. The second-order valence-corrected chi connectivity index (χ2v) is 11.5. The van der Waals surface area contributed by atoms with Crippen molar-refractivity contribution in [2.75, 3.05) is 52.3 Å². The van der Waals surface area contributed by atoms with Gasteiger partial charge in [0.2, 0.25) is 10.0 Å². The molecule has 0 spiro atoms. The molecule has 0 radical (unpaired) electrons. The average molecular weight is 539 g/mol. The number of hydrogen-bond acceptors (Lipinski definition) is 7. The molecule has 0 N–H and O–H groups in total. The molecule has 0 aliphatic carbocycles. The maximum absolute atomic E-state index is 13.5. The van der Waals surface area contributed by atoms with Gasteiger partial charge in [-0.3, -0.25) is 9.69 Å². The average Bonchev–Trinajstić information content (AvgIpc) is 3.27. The number of carbonyl (C=O) groups excluding carboxylic acids is 1. The summed E-state index contributed by atoms with van der Waals surface area (Å²) in [5.41, 5.74) is 1.19. The van der Waals surface area contributed by atoms with Crippen molar-refractivity contribution in [3.63, 3.8) is 0 Å². The summed E-state index contributed by atoms with van der Waals surface area (Å²) in [6.45, 7) is 2.20. The van der Waals surface area contributed by atoms with Crippen LogP contribution >= 0.6 is 23.7 Å². The molecular formula is C24H31ClN4O4S2. The first kappa shape index (κ1) is 27.3. The third kappa shape index (κ3) is 6.13. The molecule has 190 valence electrons. The maximum atomic E-state index is 13.5. The predicted molar refractivity (Wildman–Crippen MR) is 143 cm³/mol. The SMILES string of the molecule is COc1ccc2sc(N(CCN(C)C)C(=O)c3ccc(S(=O)(=O)N4CCCCC4)cc3)nc2c1.Cl. The molecule has 4 rings (SSSR count). The number of rotatable bonds is 8. The molecule has 35 heavy (non-hydrogen) atoms. The molecule has 8 nitrogen and oxygen atoms in total. The van der Waals surface area contributed by atoms with Crippen LogP contribution in [0.5, 0.6) is 5.75 Å². The Balaban J connectivity index is 0.00000342. The van der Waals surface area contributed by atoms with Crippen molar-refractivity contribution in [1.82, 2.24) is 14.2 Å². The maximum Gasteiger partial charge on any atom is 0.260 e. The van der Waals surface area contributed by atoms with E-state index in [1.165, 1.54) is 27.8 Å². The number of halogens is 1. The highest BCUT2D eigenvalue weighted by molar-refractivity contribution is 7.89. The Morgan fingerprint density at radius 3 is 2.37 bits per heavy atom. The molecule has 1 fully saturated rings. The van der Waals surface area contributed by atoms with E-state index in [0.717, 1.165) is 29.5 Å². The van der Waals surface area contributed by atoms with Crippen molar-refractivity contribution in [2.24, 2.45) is 0 Å². The summed E-state index contributed by atoms with van der Waals surface area (Å²) >= 11 is 1.44. The number of methoxy groups -OCH3 is 1. The zero-order chi connectivity index (χ0) is 24.3. The fourth-order valence-corrected chi connectivity index (χ4v) is 6.39. The number of aromatic nitrogens is 1.